The van der Waals surface area contributed by atoms with Crippen molar-refractivity contribution in [1.82, 2.24) is 24.5 Å². The van der Waals surface area contributed by atoms with Gasteiger partial charge >= 0.3 is 6.18 Å². The first-order chi connectivity index (χ1) is 16.1. The van der Waals surface area contributed by atoms with Gasteiger partial charge < -0.3 is 14.5 Å². The first-order valence-electron chi connectivity index (χ1n) is 9.74. The second-order valence-corrected chi connectivity index (χ2v) is 7.44. The molecule has 0 aliphatic carbocycles. The van der Waals surface area contributed by atoms with Crippen LogP contribution in [-0.4, -0.2) is 30.3 Å². The highest BCUT2D eigenvalue weighted by atomic mass is 19.4. The molecule has 172 valence electrons. The number of alkyl halides is 3. The summed E-state index contributed by atoms with van der Waals surface area (Å²) in [6, 6.07) is 5.33. The fraction of sp³-hybridized carbons (Fsp3) is 0.0909. The molecule has 0 radical (unpaired) electrons. The van der Waals surface area contributed by atoms with Crippen molar-refractivity contribution < 1.29 is 26.7 Å². The minimum absolute atomic E-state index is 0.0104. The summed E-state index contributed by atoms with van der Waals surface area (Å²) < 4.78 is 68.0. The van der Waals surface area contributed by atoms with E-state index < -0.39 is 40.3 Å². The van der Waals surface area contributed by atoms with Crippen molar-refractivity contribution in [2.24, 2.45) is 0 Å². The van der Waals surface area contributed by atoms with Gasteiger partial charge in [0.15, 0.2) is 5.65 Å². The number of rotatable bonds is 4. The fourth-order valence-corrected chi connectivity index (χ4v) is 3.66. The number of hydrogen-bond donors (Lipinski definition) is 2. The van der Waals surface area contributed by atoms with Crippen LogP contribution in [0.5, 0.6) is 0 Å². The number of imidazole rings is 1. The van der Waals surface area contributed by atoms with E-state index in [1.165, 1.54) is 23.0 Å². The van der Waals surface area contributed by atoms with Crippen LogP contribution in [0.1, 0.15) is 27.3 Å². The van der Waals surface area contributed by atoms with Crippen LogP contribution in [-0.2, 0) is 12.7 Å². The summed E-state index contributed by atoms with van der Waals surface area (Å²) in [6.45, 7) is -0.128. The Kier molecular flexibility index (Phi) is 4.81. The van der Waals surface area contributed by atoms with E-state index >= 15 is 0 Å². The van der Waals surface area contributed by atoms with Crippen molar-refractivity contribution >= 4 is 27.9 Å². The second-order valence-electron chi connectivity index (χ2n) is 7.44. The van der Waals surface area contributed by atoms with Crippen molar-refractivity contribution in [3.63, 3.8) is 0 Å². The van der Waals surface area contributed by atoms with Crippen molar-refractivity contribution in [1.29, 1.82) is 0 Å². The minimum Gasteiger partial charge on any atom is -0.356 e. The van der Waals surface area contributed by atoms with Crippen LogP contribution in [0, 0.1) is 11.6 Å². The first kappa shape index (κ1) is 21.5. The lowest BCUT2D eigenvalue weighted by atomic mass is 10.0. The van der Waals surface area contributed by atoms with E-state index in [9.17, 15) is 31.5 Å². The molecular formula is C22H12F5N5O2. The molecule has 0 fully saturated rings. The number of benzene rings is 1. The number of H-pyrrole nitrogens is 2. The maximum atomic E-state index is 14.0. The number of fused-ring (bicyclic) bond motifs is 2. The van der Waals surface area contributed by atoms with Crippen LogP contribution in [0.3, 0.4) is 0 Å². The third-order valence-electron chi connectivity index (χ3n) is 5.28. The predicted molar refractivity (Wildman–Crippen MR) is 110 cm³/mol. The number of carbonyl (C=O) groups excluding carboxylic acids is 1. The summed E-state index contributed by atoms with van der Waals surface area (Å²) in [6.07, 6.45) is -1.37. The number of aromatic amines is 2. The van der Waals surface area contributed by atoms with Crippen molar-refractivity contribution in [3.05, 3.63) is 93.4 Å². The zero-order valence-electron chi connectivity index (χ0n) is 16.9. The Morgan fingerprint density at radius 3 is 2.56 bits per heavy atom. The van der Waals surface area contributed by atoms with E-state index in [0.29, 0.717) is 6.20 Å². The maximum Gasteiger partial charge on any atom is 0.417 e. The number of nitrogens with one attached hydrogen (secondary N) is 2. The summed E-state index contributed by atoms with van der Waals surface area (Å²) in [4.78, 5) is 38.8. The molecule has 0 bridgehead atoms. The highest BCUT2D eigenvalue weighted by Gasteiger charge is 2.31. The third kappa shape index (κ3) is 3.52. The lowest BCUT2D eigenvalue weighted by molar-refractivity contribution is -0.137. The third-order valence-corrected chi connectivity index (χ3v) is 5.28. The molecule has 12 heteroatoms. The Balaban J connectivity index is 1.50. The Bertz CT molecular complexity index is 1630. The molecule has 0 aliphatic heterocycles. The zero-order chi connectivity index (χ0) is 24.2. The van der Waals surface area contributed by atoms with Crippen LogP contribution >= 0.6 is 0 Å². The number of aromatic nitrogens is 5. The van der Waals surface area contributed by atoms with Crippen LogP contribution in [0.2, 0.25) is 0 Å². The van der Waals surface area contributed by atoms with Gasteiger partial charge in [-0.3, -0.25) is 9.59 Å². The lowest BCUT2D eigenvalue weighted by Gasteiger charge is -2.05. The van der Waals surface area contributed by atoms with Gasteiger partial charge in [0.2, 0.25) is 5.78 Å². The van der Waals surface area contributed by atoms with Gasteiger partial charge in [0.05, 0.1) is 23.2 Å². The van der Waals surface area contributed by atoms with Gasteiger partial charge in [0, 0.05) is 29.5 Å². The molecule has 0 spiro atoms. The number of pyridine rings is 2. The van der Waals surface area contributed by atoms with Gasteiger partial charge in [-0.05, 0) is 24.3 Å². The molecule has 1 aromatic carbocycles. The lowest BCUT2D eigenvalue weighted by Crippen LogP contribution is -2.20. The van der Waals surface area contributed by atoms with Gasteiger partial charge in [-0.25, -0.2) is 18.7 Å². The number of halogens is 5. The molecule has 5 rings (SSSR count). The van der Waals surface area contributed by atoms with Crippen molar-refractivity contribution in [3.8, 4) is 0 Å². The Morgan fingerprint density at radius 2 is 1.85 bits per heavy atom. The average Bonchev–Trinajstić information content (AvgIpc) is 3.38. The summed E-state index contributed by atoms with van der Waals surface area (Å²) >= 11 is 0. The average molecular weight is 473 g/mol. The molecule has 0 saturated carbocycles. The van der Waals surface area contributed by atoms with Crippen LogP contribution in [0.4, 0.5) is 22.0 Å². The smallest absolute Gasteiger partial charge is 0.356 e. The highest BCUT2D eigenvalue weighted by Crippen LogP contribution is 2.30. The van der Waals surface area contributed by atoms with Gasteiger partial charge in [-0.1, -0.05) is 6.07 Å². The summed E-state index contributed by atoms with van der Waals surface area (Å²) in [5.74, 6) is -2.80. The van der Waals surface area contributed by atoms with E-state index in [2.05, 4.69) is 19.9 Å². The second kappa shape index (κ2) is 7.61. The molecule has 0 saturated heterocycles. The minimum atomic E-state index is -4.57. The molecule has 0 unspecified atom stereocenters. The Labute approximate surface area is 185 Å². The molecule has 0 atom stereocenters. The molecule has 4 heterocycles. The summed E-state index contributed by atoms with van der Waals surface area (Å²) in [5, 5.41) is 0.162. The number of ketones is 1. The molecule has 0 aliphatic rings. The molecule has 34 heavy (non-hydrogen) atoms. The molecule has 2 N–H and O–H groups in total. The quantitative estimate of drug-likeness (QED) is 0.302. The highest BCUT2D eigenvalue weighted by molar-refractivity contribution is 6.16. The Hall–Kier alpha value is -4.35. The number of nitrogens with zero attached hydrogens (tertiary/aromatic N) is 3. The number of carbonyl (C=O) groups is 1. The summed E-state index contributed by atoms with van der Waals surface area (Å²) in [5.41, 5.74) is -2.22. The monoisotopic (exact) mass is 473 g/mol. The van der Waals surface area contributed by atoms with Gasteiger partial charge in [0.1, 0.15) is 23.0 Å². The molecule has 5 aromatic rings. The molecular weight excluding hydrogens is 461 g/mol. The van der Waals surface area contributed by atoms with Gasteiger partial charge in [0.25, 0.3) is 5.56 Å². The SMILES string of the molecule is O=C(c1c(F)cccc1F)c1c[nH]c2c(=O)n(Cc3nc4ncc(C(F)(F)F)cc4[nH]3)ccc12. The van der Waals surface area contributed by atoms with Crippen LogP contribution in [0.25, 0.3) is 22.1 Å². The van der Waals surface area contributed by atoms with E-state index in [-0.39, 0.29) is 40.0 Å². The van der Waals surface area contributed by atoms with Crippen LogP contribution < -0.4 is 5.56 Å². The first-order valence-corrected chi connectivity index (χ1v) is 9.74. The van der Waals surface area contributed by atoms with E-state index in [1.807, 2.05) is 0 Å². The molecule has 0 amide bonds. The molecule has 7 nitrogen and oxygen atoms in total. The fourth-order valence-electron chi connectivity index (χ4n) is 3.66. The van der Waals surface area contributed by atoms with E-state index in [4.69, 9.17) is 0 Å². The number of hydrogen-bond acceptors (Lipinski definition) is 4. The van der Waals surface area contributed by atoms with Gasteiger partial charge in [-0.2, -0.15) is 13.2 Å². The van der Waals surface area contributed by atoms with Crippen LogP contribution in [0.15, 0.2) is 53.7 Å². The topological polar surface area (TPSA) is 96.4 Å². The van der Waals surface area contributed by atoms with E-state index in [0.717, 1.165) is 24.3 Å². The maximum absolute atomic E-state index is 14.0. The van der Waals surface area contributed by atoms with Gasteiger partial charge in [-0.15, -0.1) is 0 Å². The van der Waals surface area contributed by atoms with Crippen molar-refractivity contribution in [2.45, 2.75) is 12.7 Å². The van der Waals surface area contributed by atoms with E-state index in [1.54, 1.807) is 0 Å². The largest absolute Gasteiger partial charge is 0.417 e. The van der Waals surface area contributed by atoms with Crippen molar-refractivity contribution in [2.75, 3.05) is 0 Å². The predicted octanol–water partition coefficient (Wildman–Crippen LogP) is 4.18. The normalized spacial score (nSPS) is 12.0. The summed E-state index contributed by atoms with van der Waals surface area (Å²) in [7, 11) is 0. The molecule has 4 aromatic heterocycles. The zero-order valence-corrected chi connectivity index (χ0v) is 16.9. The Morgan fingerprint density at radius 1 is 1.12 bits per heavy atom. The standard InChI is InChI=1S/C22H12F5N5O2/c23-13-2-1-3-14(24)17(13)19(33)12-8-28-18-11(12)4-5-32(21(18)34)9-16-30-15-6-10(22(25,26)27)7-29-20(15)31-16/h1-8,28H,9H2,(H,29,30,31).